The first kappa shape index (κ1) is 19.1. The van der Waals surface area contributed by atoms with Gasteiger partial charge < -0.3 is 18.0 Å². The maximum absolute atomic E-state index is 6.01. The van der Waals surface area contributed by atoms with Crippen LogP contribution in [0.2, 0.25) is 0 Å². The molecule has 0 aliphatic heterocycles. The summed E-state index contributed by atoms with van der Waals surface area (Å²) in [4.78, 5) is 0. The van der Waals surface area contributed by atoms with Gasteiger partial charge in [-0.2, -0.15) is 0 Å². The largest absolute Gasteiger partial charge is 0.528 e. The molecule has 0 aromatic heterocycles. The molecule has 0 unspecified atom stereocenters. The van der Waals surface area contributed by atoms with Crippen molar-refractivity contribution in [2.45, 2.75) is 79.6 Å². The SMILES string of the molecule is CCCCOC[Si](OC(C)C)(OC(C)C)OC(C)C. The van der Waals surface area contributed by atoms with Gasteiger partial charge in [-0.15, -0.1) is 0 Å². The lowest BCUT2D eigenvalue weighted by molar-refractivity contribution is -0.0223. The summed E-state index contributed by atoms with van der Waals surface area (Å²) >= 11 is 0. The zero-order valence-electron chi connectivity index (χ0n) is 13.7. The summed E-state index contributed by atoms with van der Waals surface area (Å²) in [5.74, 6) is 0. The lowest BCUT2D eigenvalue weighted by Gasteiger charge is -2.34. The topological polar surface area (TPSA) is 36.9 Å². The van der Waals surface area contributed by atoms with Crippen molar-refractivity contribution in [3.05, 3.63) is 0 Å². The average Bonchev–Trinajstić information content (AvgIpc) is 2.21. The van der Waals surface area contributed by atoms with E-state index in [1.165, 1.54) is 0 Å². The second kappa shape index (κ2) is 9.88. The Morgan fingerprint density at radius 3 is 1.53 bits per heavy atom. The van der Waals surface area contributed by atoms with E-state index in [9.17, 15) is 0 Å². The predicted molar refractivity (Wildman–Crippen MR) is 80.1 cm³/mol. The third-order valence-electron chi connectivity index (χ3n) is 2.17. The Balaban J connectivity index is 4.68. The van der Waals surface area contributed by atoms with E-state index in [1.54, 1.807) is 0 Å². The molecule has 0 saturated heterocycles. The maximum Gasteiger partial charge on any atom is 0.528 e. The summed E-state index contributed by atoms with van der Waals surface area (Å²) in [5, 5.41) is 0. The van der Waals surface area contributed by atoms with E-state index in [4.69, 9.17) is 18.0 Å². The molecule has 4 nitrogen and oxygen atoms in total. The molecule has 0 aromatic rings. The number of rotatable bonds is 11. The van der Waals surface area contributed by atoms with Crippen LogP contribution in [-0.2, 0) is 18.0 Å². The molecule has 0 aromatic carbocycles. The maximum atomic E-state index is 6.01. The molecule has 19 heavy (non-hydrogen) atoms. The van der Waals surface area contributed by atoms with Crippen molar-refractivity contribution in [1.82, 2.24) is 0 Å². The lowest BCUT2D eigenvalue weighted by Crippen LogP contribution is -2.55. The van der Waals surface area contributed by atoms with Crippen LogP contribution in [0.15, 0.2) is 0 Å². The number of ether oxygens (including phenoxy) is 1. The van der Waals surface area contributed by atoms with Gasteiger partial charge in [0.25, 0.3) is 0 Å². The fourth-order valence-corrected chi connectivity index (χ4v) is 4.63. The first-order valence-electron chi connectivity index (χ1n) is 7.42. The van der Waals surface area contributed by atoms with Gasteiger partial charge in [-0.1, -0.05) is 13.3 Å². The van der Waals surface area contributed by atoms with E-state index in [-0.39, 0.29) is 18.3 Å². The van der Waals surface area contributed by atoms with Crippen LogP contribution in [0.5, 0.6) is 0 Å². The zero-order valence-corrected chi connectivity index (χ0v) is 14.7. The summed E-state index contributed by atoms with van der Waals surface area (Å²) < 4.78 is 23.8. The first-order valence-corrected chi connectivity index (χ1v) is 9.35. The van der Waals surface area contributed by atoms with Gasteiger partial charge in [-0.25, -0.2) is 0 Å². The van der Waals surface area contributed by atoms with Crippen LogP contribution in [0, 0.1) is 0 Å². The van der Waals surface area contributed by atoms with Gasteiger partial charge in [0.2, 0.25) is 0 Å². The zero-order chi connectivity index (χ0) is 14.9. The minimum absolute atomic E-state index is 0.0685. The van der Waals surface area contributed by atoms with E-state index < -0.39 is 8.80 Å². The quantitative estimate of drug-likeness (QED) is 0.431. The molecule has 0 amide bonds. The fourth-order valence-electron chi connectivity index (χ4n) is 1.71. The van der Waals surface area contributed by atoms with Gasteiger partial charge in [0.05, 0.1) is 0 Å². The van der Waals surface area contributed by atoms with Gasteiger partial charge in [-0.3, -0.25) is 0 Å². The molecular weight excluding hydrogens is 260 g/mol. The van der Waals surface area contributed by atoms with Crippen LogP contribution in [-0.4, -0.2) is 40.0 Å². The van der Waals surface area contributed by atoms with Crippen LogP contribution in [0.4, 0.5) is 0 Å². The Labute approximate surface area is 120 Å². The molecule has 0 atom stereocenters. The van der Waals surface area contributed by atoms with Gasteiger partial charge in [0.15, 0.2) is 0 Å². The van der Waals surface area contributed by atoms with Gasteiger partial charge in [0.1, 0.15) is 6.23 Å². The lowest BCUT2D eigenvalue weighted by atomic mass is 10.4. The third-order valence-corrected chi connectivity index (χ3v) is 5.22. The fraction of sp³-hybridized carbons (Fsp3) is 1.00. The van der Waals surface area contributed by atoms with Crippen molar-refractivity contribution in [2.75, 3.05) is 12.8 Å². The summed E-state index contributed by atoms with van der Waals surface area (Å²) in [7, 11) is -2.76. The second-order valence-corrected chi connectivity index (χ2v) is 7.95. The van der Waals surface area contributed by atoms with Crippen molar-refractivity contribution >= 4 is 8.80 Å². The molecule has 0 saturated carbocycles. The van der Waals surface area contributed by atoms with Crippen LogP contribution >= 0.6 is 0 Å². The Kier molecular flexibility index (Phi) is 9.91. The van der Waals surface area contributed by atoms with E-state index >= 15 is 0 Å². The highest BCUT2D eigenvalue weighted by Crippen LogP contribution is 2.18. The van der Waals surface area contributed by atoms with E-state index in [2.05, 4.69) is 6.92 Å². The molecule has 0 N–H and O–H groups in total. The van der Waals surface area contributed by atoms with E-state index in [0.717, 1.165) is 19.4 Å². The monoisotopic (exact) mass is 292 g/mol. The minimum atomic E-state index is -2.76. The summed E-state index contributed by atoms with van der Waals surface area (Å²) in [6, 6.07) is 0. The summed E-state index contributed by atoms with van der Waals surface area (Å²) in [5.41, 5.74) is 0. The molecular formula is C14H32O4Si. The summed E-state index contributed by atoms with van der Waals surface area (Å²) in [6.07, 6.45) is 2.81. The minimum Gasteiger partial charge on any atom is -0.377 e. The predicted octanol–water partition coefficient (Wildman–Crippen LogP) is 3.56. The second-order valence-electron chi connectivity index (χ2n) is 5.59. The Bertz CT molecular complexity index is 193. The Morgan fingerprint density at radius 2 is 1.21 bits per heavy atom. The van der Waals surface area contributed by atoms with Crippen LogP contribution in [0.3, 0.4) is 0 Å². The molecule has 0 heterocycles. The van der Waals surface area contributed by atoms with Crippen molar-refractivity contribution in [3.8, 4) is 0 Å². The van der Waals surface area contributed by atoms with Crippen molar-refractivity contribution in [1.29, 1.82) is 0 Å². The van der Waals surface area contributed by atoms with Crippen LogP contribution < -0.4 is 0 Å². The molecule has 0 rings (SSSR count). The standard InChI is InChI=1S/C14H32O4Si/c1-8-9-10-15-11-19(16-12(2)3,17-13(4)5)18-14(6)7/h12-14H,8-11H2,1-7H3. The molecule has 0 aliphatic rings. The molecule has 0 spiro atoms. The molecule has 0 radical (unpaired) electrons. The number of hydrogen-bond donors (Lipinski definition) is 0. The van der Waals surface area contributed by atoms with Crippen molar-refractivity contribution in [2.24, 2.45) is 0 Å². The molecule has 5 heteroatoms. The highest BCUT2D eigenvalue weighted by Gasteiger charge is 2.44. The Morgan fingerprint density at radius 1 is 0.789 bits per heavy atom. The molecule has 0 aliphatic carbocycles. The summed E-state index contributed by atoms with van der Waals surface area (Å²) in [6.45, 7) is 14.9. The highest BCUT2D eigenvalue weighted by molar-refractivity contribution is 6.60. The van der Waals surface area contributed by atoms with Gasteiger partial charge in [0, 0.05) is 24.9 Å². The van der Waals surface area contributed by atoms with Gasteiger partial charge >= 0.3 is 8.80 Å². The Hall–Kier alpha value is 0.0569. The first-order chi connectivity index (χ1) is 8.81. The van der Waals surface area contributed by atoms with Crippen molar-refractivity contribution < 1.29 is 18.0 Å². The highest BCUT2D eigenvalue weighted by atomic mass is 28.4. The molecule has 0 fully saturated rings. The number of hydrogen-bond acceptors (Lipinski definition) is 4. The van der Waals surface area contributed by atoms with Crippen LogP contribution in [0.25, 0.3) is 0 Å². The molecule has 116 valence electrons. The molecule has 0 bridgehead atoms. The third kappa shape index (κ3) is 9.57. The average molecular weight is 292 g/mol. The normalized spacial score (nSPS) is 12.9. The van der Waals surface area contributed by atoms with E-state index in [0.29, 0.717) is 6.23 Å². The van der Waals surface area contributed by atoms with Gasteiger partial charge in [-0.05, 0) is 48.0 Å². The van der Waals surface area contributed by atoms with Crippen molar-refractivity contribution in [3.63, 3.8) is 0 Å². The number of unbranched alkanes of at least 4 members (excludes halogenated alkanes) is 1. The smallest absolute Gasteiger partial charge is 0.377 e. The van der Waals surface area contributed by atoms with Crippen LogP contribution in [0.1, 0.15) is 61.3 Å². The van der Waals surface area contributed by atoms with E-state index in [1.807, 2.05) is 41.5 Å².